The van der Waals surface area contributed by atoms with Crippen LogP contribution in [0.1, 0.15) is 21.3 Å². The highest BCUT2D eigenvalue weighted by Crippen LogP contribution is 2.25. The van der Waals surface area contributed by atoms with Crippen LogP contribution in [0.4, 0.5) is 5.13 Å². The van der Waals surface area contributed by atoms with Crippen LogP contribution in [-0.4, -0.2) is 31.1 Å². The number of benzene rings is 1. The van der Waals surface area contributed by atoms with Gasteiger partial charge in [0.1, 0.15) is 4.88 Å². The molecule has 7 heteroatoms. The highest BCUT2D eigenvalue weighted by molar-refractivity contribution is 7.17. The first kappa shape index (κ1) is 15.0. The van der Waals surface area contributed by atoms with Gasteiger partial charge in [0.05, 0.1) is 20.4 Å². The number of ether oxygens (including phenoxy) is 2. The Kier molecular flexibility index (Phi) is 4.89. The molecule has 0 saturated heterocycles. The lowest BCUT2D eigenvalue weighted by Crippen LogP contribution is -2.22. The Bertz CT molecular complexity index is 627. The van der Waals surface area contributed by atoms with Gasteiger partial charge in [-0.05, 0) is 5.56 Å². The zero-order valence-corrected chi connectivity index (χ0v) is 12.3. The molecule has 1 aromatic carbocycles. The molecular formula is C14H14N2O4S. The summed E-state index contributed by atoms with van der Waals surface area (Å²) in [7, 11) is 2.62. The molecule has 0 radical (unpaired) electrons. The van der Waals surface area contributed by atoms with E-state index in [2.05, 4.69) is 15.0 Å². The molecule has 2 rings (SSSR count). The van der Waals surface area contributed by atoms with Gasteiger partial charge in [-0.15, -0.1) is 0 Å². The summed E-state index contributed by atoms with van der Waals surface area (Å²) in [4.78, 5) is 27.7. The van der Waals surface area contributed by atoms with E-state index in [4.69, 9.17) is 4.74 Å². The van der Waals surface area contributed by atoms with Gasteiger partial charge in [-0.3, -0.25) is 0 Å². The molecule has 0 amide bonds. The van der Waals surface area contributed by atoms with Crippen LogP contribution < -0.4 is 5.32 Å². The lowest BCUT2D eigenvalue weighted by molar-refractivity contribution is -0.141. The Morgan fingerprint density at radius 3 is 2.52 bits per heavy atom. The van der Waals surface area contributed by atoms with Gasteiger partial charge in [-0.1, -0.05) is 41.7 Å². The number of hydrogen-bond acceptors (Lipinski definition) is 7. The van der Waals surface area contributed by atoms with E-state index in [9.17, 15) is 9.59 Å². The minimum absolute atomic E-state index is 0.358. The Morgan fingerprint density at radius 1 is 1.19 bits per heavy atom. The highest BCUT2D eigenvalue weighted by Gasteiger charge is 2.23. The molecule has 21 heavy (non-hydrogen) atoms. The zero-order valence-electron chi connectivity index (χ0n) is 11.5. The summed E-state index contributed by atoms with van der Waals surface area (Å²) >= 11 is 1.11. The molecule has 6 nitrogen and oxygen atoms in total. The van der Waals surface area contributed by atoms with Crippen molar-refractivity contribution in [3.05, 3.63) is 47.0 Å². The maximum absolute atomic E-state index is 11.9. The smallest absolute Gasteiger partial charge is 0.349 e. The largest absolute Gasteiger partial charge is 0.467 e. The first-order chi connectivity index (χ1) is 10.2. The Balaban J connectivity index is 2.22. The lowest BCUT2D eigenvalue weighted by atomic mass is 10.1. The summed E-state index contributed by atoms with van der Waals surface area (Å²) in [5.41, 5.74) is 0.749. The van der Waals surface area contributed by atoms with Gasteiger partial charge in [0, 0.05) is 0 Å². The summed E-state index contributed by atoms with van der Waals surface area (Å²) < 4.78 is 9.42. The van der Waals surface area contributed by atoms with Crippen molar-refractivity contribution in [1.29, 1.82) is 0 Å². The summed E-state index contributed by atoms with van der Waals surface area (Å²) in [6.45, 7) is 0. The van der Waals surface area contributed by atoms with Crippen LogP contribution in [0.3, 0.4) is 0 Å². The van der Waals surface area contributed by atoms with Crippen LogP contribution in [0.5, 0.6) is 0 Å². The second-order valence-electron chi connectivity index (χ2n) is 4.03. The number of esters is 2. The monoisotopic (exact) mass is 306 g/mol. The van der Waals surface area contributed by atoms with Gasteiger partial charge in [0.2, 0.25) is 0 Å². The average Bonchev–Trinajstić information content (AvgIpc) is 3.00. The number of nitrogens with zero attached hydrogens (tertiary/aromatic N) is 1. The molecule has 0 saturated carbocycles. The van der Waals surface area contributed by atoms with Crippen molar-refractivity contribution in [1.82, 2.24) is 4.98 Å². The van der Waals surface area contributed by atoms with Gasteiger partial charge < -0.3 is 14.8 Å². The van der Waals surface area contributed by atoms with Crippen molar-refractivity contribution >= 4 is 28.4 Å². The fourth-order valence-electron chi connectivity index (χ4n) is 1.70. The quantitative estimate of drug-likeness (QED) is 0.854. The van der Waals surface area contributed by atoms with E-state index < -0.39 is 18.0 Å². The van der Waals surface area contributed by atoms with Crippen LogP contribution in [0.2, 0.25) is 0 Å². The van der Waals surface area contributed by atoms with Crippen LogP contribution in [-0.2, 0) is 14.3 Å². The van der Waals surface area contributed by atoms with Gasteiger partial charge >= 0.3 is 11.9 Å². The summed E-state index contributed by atoms with van der Waals surface area (Å²) in [5.74, 6) is -0.897. The molecule has 0 aliphatic heterocycles. The minimum Gasteiger partial charge on any atom is -0.467 e. The number of aromatic nitrogens is 1. The molecular weight excluding hydrogens is 292 g/mol. The molecule has 0 bridgehead atoms. The molecule has 0 spiro atoms. The molecule has 1 aromatic heterocycles. The standard InChI is InChI=1S/C14H14N2O4S/c1-19-12(17)10-8-15-14(21-10)16-11(13(18)20-2)9-6-4-3-5-7-9/h3-8,11H,1-2H3,(H,15,16). The Hall–Kier alpha value is -2.41. The molecule has 0 aliphatic rings. The first-order valence-corrected chi connectivity index (χ1v) is 6.90. The van der Waals surface area contributed by atoms with Gasteiger partial charge in [0.15, 0.2) is 11.2 Å². The molecule has 1 atom stereocenters. The molecule has 1 heterocycles. The third kappa shape index (κ3) is 3.57. The predicted molar refractivity (Wildman–Crippen MR) is 78.3 cm³/mol. The molecule has 110 valence electrons. The van der Waals surface area contributed by atoms with E-state index in [-0.39, 0.29) is 0 Å². The van der Waals surface area contributed by atoms with E-state index in [0.717, 1.165) is 16.9 Å². The van der Waals surface area contributed by atoms with Gasteiger partial charge in [-0.25, -0.2) is 14.6 Å². The van der Waals surface area contributed by atoms with Crippen LogP contribution in [0.25, 0.3) is 0 Å². The van der Waals surface area contributed by atoms with E-state index in [1.165, 1.54) is 20.4 Å². The highest BCUT2D eigenvalue weighted by atomic mass is 32.1. The Labute approximate surface area is 125 Å². The number of rotatable bonds is 5. The van der Waals surface area contributed by atoms with E-state index >= 15 is 0 Å². The third-order valence-corrected chi connectivity index (χ3v) is 3.64. The van der Waals surface area contributed by atoms with Gasteiger partial charge in [-0.2, -0.15) is 0 Å². The van der Waals surface area contributed by atoms with Crippen LogP contribution in [0, 0.1) is 0 Å². The predicted octanol–water partition coefficient (Wildman–Crippen LogP) is 2.26. The van der Waals surface area contributed by atoms with Crippen LogP contribution >= 0.6 is 11.3 Å². The van der Waals surface area contributed by atoms with E-state index in [1.807, 2.05) is 30.3 Å². The second kappa shape index (κ2) is 6.85. The first-order valence-electron chi connectivity index (χ1n) is 6.09. The van der Waals surface area contributed by atoms with E-state index in [1.54, 1.807) is 0 Å². The summed E-state index contributed by atoms with van der Waals surface area (Å²) in [6.07, 6.45) is 1.40. The topological polar surface area (TPSA) is 77.5 Å². The number of carbonyl (C=O) groups is 2. The summed E-state index contributed by atoms with van der Waals surface area (Å²) in [6, 6.07) is 8.44. The zero-order chi connectivity index (χ0) is 15.2. The molecule has 2 aromatic rings. The fourth-order valence-corrected chi connectivity index (χ4v) is 2.46. The number of anilines is 1. The Morgan fingerprint density at radius 2 is 1.90 bits per heavy atom. The maximum Gasteiger partial charge on any atom is 0.349 e. The number of hydrogen-bond donors (Lipinski definition) is 1. The normalized spacial score (nSPS) is 11.5. The number of thiazole rings is 1. The van der Waals surface area contributed by atoms with Gasteiger partial charge in [0.25, 0.3) is 0 Å². The third-order valence-electron chi connectivity index (χ3n) is 2.73. The molecule has 1 N–H and O–H groups in total. The lowest BCUT2D eigenvalue weighted by Gasteiger charge is -2.15. The molecule has 1 unspecified atom stereocenters. The van der Waals surface area contributed by atoms with Crippen molar-refractivity contribution in [3.8, 4) is 0 Å². The van der Waals surface area contributed by atoms with E-state index in [0.29, 0.717) is 10.0 Å². The number of methoxy groups -OCH3 is 2. The van der Waals surface area contributed by atoms with Crippen molar-refractivity contribution in [3.63, 3.8) is 0 Å². The fraction of sp³-hybridized carbons (Fsp3) is 0.214. The van der Waals surface area contributed by atoms with Crippen molar-refractivity contribution < 1.29 is 19.1 Å². The maximum atomic E-state index is 11.9. The van der Waals surface area contributed by atoms with Crippen molar-refractivity contribution in [2.45, 2.75) is 6.04 Å². The molecule has 0 aliphatic carbocycles. The molecule has 0 fully saturated rings. The summed E-state index contributed by atoms with van der Waals surface area (Å²) in [5, 5.41) is 3.41. The minimum atomic E-state index is -0.687. The number of carbonyl (C=O) groups excluding carboxylic acids is 2. The average molecular weight is 306 g/mol. The second-order valence-corrected chi connectivity index (χ2v) is 5.06. The van der Waals surface area contributed by atoms with Crippen LogP contribution in [0.15, 0.2) is 36.5 Å². The van der Waals surface area contributed by atoms with Crippen molar-refractivity contribution in [2.24, 2.45) is 0 Å². The number of nitrogens with one attached hydrogen (secondary N) is 1. The van der Waals surface area contributed by atoms with Crippen molar-refractivity contribution in [2.75, 3.05) is 19.5 Å². The SMILES string of the molecule is COC(=O)c1cnc(NC(C(=O)OC)c2ccccc2)s1.